The first-order valence-electron chi connectivity index (χ1n) is 9.44. The van der Waals surface area contributed by atoms with E-state index in [1.54, 1.807) is 36.4 Å². The number of para-hydroxylation sites is 1. The second kappa shape index (κ2) is 11.8. The summed E-state index contributed by atoms with van der Waals surface area (Å²) in [7, 11) is 3.02. The molecule has 0 radical (unpaired) electrons. The van der Waals surface area contributed by atoms with E-state index in [4.69, 9.17) is 44.3 Å². The van der Waals surface area contributed by atoms with Crippen molar-refractivity contribution in [2.24, 2.45) is 0 Å². The van der Waals surface area contributed by atoms with Gasteiger partial charge in [0.25, 0.3) is 0 Å². The number of amides is 2. The van der Waals surface area contributed by atoms with Crippen LogP contribution in [0.25, 0.3) is 6.08 Å². The molecule has 0 saturated heterocycles. The van der Waals surface area contributed by atoms with Gasteiger partial charge in [0.15, 0.2) is 11.5 Å². The van der Waals surface area contributed by atoms with E-state index in [1.807, 2.05) is 6.92 Å². The number of carbonyl (C=O) groups is 2. The fourth-order valence-corrected chi connectivity index (χ4v) is 3.33. The zero-order chi connectivity index (χ0) is 23.0. The molecule has 0 heterocycles. The second-order valence-electron chi connectivity index (χ2n) is 6.56. The molecule has 0 aliphatic heterocycles. The third-order valence-electron chi connectivity index (χ3n) is 4.10. The number of nitrogens with one attached hydrogen (secondary N) is 1. The maximum atomic E-state index is 12.4. The van der Waals surface area contributed by atoms with Gasteiger partial charge in [-0.1, -0.05) is 47.8 Å². The zero-order valence-electron chi connectivity index (χ0n) is 17.4. The molecule has 0 bridgehead atoms. The van der Waals surface area contributed by atoms with Gasteiger partial charge >= 0.3 is 0 Å². The van der Waals surface area contributed by atoms with E-state index in [1.165, 1.54) is 25.1 Å². The third kappa shape index (κ3) is 7.06. The van der Waals surface area contributed by atoms with Crippen molar-refractivity contribution in [2.75, 3.05) is 32.6 Å². The molecule has 0 atom stereocenters. The monoisotopic (exact) mass is 484 g/mol. The van der Waals surface area contributed by atoms with Gasteiger partial charge in [-0.3, -0.25) is 9.59 Å². The Morgan fingerprint density at radius 3 is 2.42 bits per heavy atom. The van der Waals surface area contributed by atoms with Crippen LogP contribution in [-0.4, -0.2) is 44.0 Å². The van der Waals surface area contributed by atoms with Gasteiger partial charge in [0.1, 0.15) is 0 Å². The van der Waals surface area contributed by atoms with Crippen LogP contribution in [-0.2, 0) is 9.59 Å². The van der Waals surface area contributed by atoms with E-state index in [2.05, 4.69) is 5.32 Å². The molecule has 2 rings (SSSR count). The van der Waals surface area contributed by atoms with Crippen LogP contribution in [0, 0.1) is 0 Å². The number of rotatable bonds is 9. The van der Waals surface area contributed by atoms with Gasteiger partial charge in [-0.15, -0.1) is 0 Å². The number of likely N-dealkylation sites (N-methyl/N-ethyl adjacent to an activating group) is 1. The smallest absolute Gasteiger partial charge is 0.246 e. The number of halogens is 3. The van der Waals surface area contributed by atoms with Crippen LogP contribution in [0.3, 0.4) is 0 Å². The highest BCUT2D eigenvalue weighted by atomic mass is 35.5. The first-order valence-corrected chi connectivity index (χ1v) is 10.6. The SMILES string of the molecule is CCCOc1c(Cl)cc(/C=C/C(=O)N(C)CC(=O)Nc2c(Cl)cccc2Cl)cc1OC. The van der Waals surface area contributed by atoms with Crippen LogP contribution < -0.4 is 14.8 Å². The molecular formula is C22H23Cl3N2O4. The van der Waals surface area contributed by atoms with E-state index in [0.29, 0.717) is 44.4 Å². The zero-order valence-corrected chi connectivity index (χ0v) is 19.6. The summed E-state index contributed by atoms with van der Waals surface area (Å²) in [6.07, 6.45) is 3.76. The third-order valence-corrected chi connectivity index (χ3v) is 5.02. The van der Waals surface area contributed by atoms with Crippen molar-refractivity contribution >= 4 is 58.4 Å². The lowest BCUT2D eigenvalue weighted by molar-refractivity contribution is -0.129. The second-order valence-corrected chi connectivity index (χ2v) is 7.78. The Kier molecular flexibility index (Phi) is 9.49. The lowest BCUT2D eigenvalue weighted by Crippen LogP contribution is -2.34. The molecule has 2 aromatic rings. The number of methoxy groups -OCH3 is 1. The van der Waals surface area contributed by atoms with E-state index in [9.17, 15) is 9.59 Å². The van der Waals surface area contributed by atoms with Crippen molar-refractivity contribution < 1.29 is 19.1 Å². The summed E-state index contributed by atoms with van der Waals surface area (Å²) in [5.74, 6) is 0.127. The van der Waals surface area contributed by atoms with Crippen molar-refractivity contribution in [3.63, 3.8) is 0 Å². The highest BCUT2D eigenvalue weighted by molar-refractivity contribution is 6.39. The number of anilines is 1. The maximum absolute atomic E-state index is 12.4. The Balaban J connectivity index is 2.03. The maximum Gasteiger partial charge on any atom is 0.246 e. The van der Waals surface area contributed by atoms with Gasteiger partial charge in [0.05, 0.1) is 41.0 Å². The highest BCUT2D eigenvalue weighted by Crippen LogP contribution is 2.37. The number of nitrogens with zero attached hydrogens (tertiary/aromatic N) is 1. The van der Waals surface area contributed by atoms with Crippen LogP contribution in [0.15, 0.2) is 36.4 Å². The Morgan fingerprint density at radius 2 is 1.81 bits per heavy atom. The van der Waals surface area contributed by atoms with Crippen LogP contribution in [0.4, 0.5) is 5.69 Å². The molecular weight excluding hydrogens is 463 g/mol. The molecule has 0 spiro atoms. The molecule has 6 nitrogen and oxygen atoms in total. The lowest BCUT2D eigenvalue weighted by Gasteiger charge is -2.16. The van der Waals surface area contributed by atoms with Gasteiger partial charge in [0, 0.05) is 13.1 Å². The van der Waals surface area contributed by atoms with Crippen molar-refractivity contribution in [1.29, 1.82) is 0 Å². The number of ether oxygens (including phenoxy) is 2. The van der Waals surface area contributed by atoms with E-state index >= 15 is 0 Å². The number of carbonyl (C=O) groups excluding carboxylic acids is 2. The molecule has 0 saturated carbocycles. The molecule has 0 aromatic heterocycles. The molecule has 2 aromatic carbocycles. The average molecular weight is 486 g/mol. The van der Waals surface area contributed by atoms with E-state index in [0.717, 1.165) is 6.42 Å². The van der Waals surface area contributed by atoms with E-state index in [-0.39, 0.29) is 12.5 Å². The predicted octanol–water partition coefficient (Wildman–Crippen LogP) is 5.55. The molecule has 0 aliphatic carbocycles. The number of hydrogen-bond acceptors (Lipinski definition) is 4. The fraction of sp³-hybridized carbons (Fsp3) is 0.273. The predicted molar refractivity (Wildman–Crippen MR) is 126 cm³/mol. The van der Waals surface area contributed by atoms with Gasteiger partial charge in [0.2, 0.25) is 11.8 Å². The summed E-state index contributed by atoms with van der Waals surface area (Å²) in [4.78, 5) is 25.9. The van der Waals surface area contributed by atoms with Gasteiger partial charge in [-0.05, 0) is 42.3 Å². The average Bonchev–Trinajstić information content (AvgIpc) is 2.73. The summed E-state index contributed by atoms with van der Waals surface area (Å²) in [5.41, 5.74) is 0.957. The quantitative estimate of drug-likeness (QED) is 0.473. The molecule has 31 heavy (non-hydrogen) atoms. The summed E-state index contributed by atoms with van der Waals surface area (Å²) < 4.78 is 11.0. The summed E-state index contributed by atoms with van der Waals surface area (Å²) >= 11 is 18.4. The Labute approximate surface area is 196 Å². The molecule has 9 heteroatoms. The van der Waals surface area contributed by atoms with Crippen LogP contribution in [0.2, 0.25) is 15.1 Å². The summed E-state index contributed by atoms with van der Waals surface area (Å²) in [5, 5.41) is 3.62. The van der Waals surface area contributed by atoms with Crippen molar-refractivity contribution in [1.82, 2.24) is 4.90 Å². The Hall–Kier alpha value is -2.41. The van der Waals surface area contributed by atoms with Crippen molar-refractivity contribution in [3.05, 3.63) is 57.0 Å². The van der Waals surface area contributed by atoms with Crippen LogP contribution in [0.1, 0.15) is 18.9 Å². The first kappa shape index (κ1) is 24.9. The number of benzene rings is 2. The molecule has 1 N–H and O–H groups in total. The Bertz CT molecular complexity index is 959. The first-order chi connectivity index (χ1) is 14.8. The molecule has 2 amide bonds. The highest BCUT2D eigenvalue weighted by Gasteiger charge is 2.15. The largest absolute Gasteiger partial charge is 0.493 e. The van der Waals surface area contributed by atoms with E-state index < -0.39 is 5.91 Å². The number of hydrogen-bond donors (Lipinski definition) is 1. The van der Waals surface area contributed by atoms with Crippen molar-refractivity contribution in [3.8, 4) is 11.5 Å². The minimum Gasteiger partial charge on any atom is -0.493 e. The lowest BCUT2D eigenvalue weighted by atomic mass is 10.2. The van der Waals surface area contributed by atoms with Crippen LogP contribution in [0.5, 0.6) is 11.5 Å². The summed E-state index contributed by atoms with van der Waals surface area (Å²) in [6.45, 7) is 2.32. The molecule has 0 unspecified atom stereocenters. The minimum absolute atomic E-state index is 0.182. The minimum atomic E-state index is -0.429. The normalized spacial score (nSPS) is 10.8. The van der Waals surface area contributed by atoms with Crippen molar-refractivity contribution in [2.45, 2.75) is 13.3 Å². The fourth-order valence-electron chi connectivity index (χ4n) is 2.56. The topological polar surface area (TPSA) is 67.9 Å². The van der Waals surface area contributed by atoms with Gasteiger partial charge in [-0.2, -0.15) is 0 Å². The van der Waals surface area contributed by atoms with Crippen LogP contribution >= 0.6 is 34.8 Å². The molecule has 0 aliphatic rings. The standard InChI is InChI=1S/C22H23Cl3N2O4/c1-4-10-31-22-17(25)11-14(12-18(22)30-3)8-9-20(29)27(2)13-19(28)26-21-15(23)6-5-7-16(21)24/h5-9,11-12H,4,10,13H2,1-3H3,(H,26,28)/b9-8+. The Morgan fingerprint density at radius 1 is 1.13 bits per heavy atom. The van der Waals surface area contributed by atoms with Gasteiger partial charge < -0.3 is 19.7 Å². The summed E-state index contributed by atoms with van der Waals surface area (Å²) in [6, 6.07) is 8.28. The van der Waals surface area contributed by atoms with Gasteiger partial charge in [-0.25, -0.2) is 0 Å². The molecule has 166 valence electrons. The molecule has 0 fully saturated rings.